The minimum atomic E-state index is -4.17. The van der Waals surface area contributed by atoms with Gasteiger partial charge in [0.1, 0.15) is 4.90 Å². The van der Waals surface area contributed by atoms with Crippen LogP contribution in [0.5, 0.6) is 0 Å². The van der Waals surface area contributed by atoms with Crippen LogP contribution in [0.1, 0.15) is 0 Å². The molecule has 0 heterocycles. The first kappa shape index (κ1) is 16.3. The zero-order valence-corrected chi connectivity index (χ0v) is 14.0. The van der Waals surface area contributed by atoms with Crippen molar-refractivity contribution in [2.24, 2.45) is 0 Å². The maximum atomic E-state index is 13.5. The van der Waals surface area contributed by atoms with Crippen LogP contribution in [0.2, 0.25) is 0 Å². The third-order valence-electron chi connectivity index (χ3n) is 2.46. The van der Waals surface area contributed by atoms with Crippen LogP contribution in [0.4, 0.5) is 18.9 Å². The van der Waals surface area contributed by atoms with Crippen LogP contribution in [0.3, 0.4) is 0 Å². The molecule has 0 aliphatic carbocycles. The van der Waals surface area contributed by atoms with Crippen LogP contribution >= 0.6 is 31.9 Å². The fourth-order valence-electron chi connectivity index (χ4n) is 1.49. The van der Waals surface area contributed by atoms with Gasteiger partial charge in [0.15, 0.2) is 17.5 Å². The van der Waals surface area contributed by atoms with Crippen LogP contribution in [0.15, 0.2) is 44.2 Å². The SMILES string of the molecule is O=S(=O)(Nc1ccc(F)c(F)c1F)c1cc(Br)ccc1Br. The van der Waals surface area contributed by atoms with Crippen LogP contribution < -0.4 is 4.72 Å². The standard InChI is InChI=1S/C12H6Br2F3NO2S/c13-6-1-2-7(14)10(5-6)21(19,20)18-9-4-3-8(15)11(16)12(9)17/h1-5,18H. The molecule has 0 aliphatic heterocycles. The molecule has 3 nitrogen and oxygen atoms in total. The van der Waals surface area contributed by atoms with Crippen LogP contribution in [-0.4, -0.2) is 8.42 Å². The lowest BCUT2D eigenvalue weighted by molar-refractivity contribution is 0.449. The zero-order chi connectivity index (χ0) is 15.8. The Morgan fingerprint density at radius 1 is 0.952 bits per heavy atom. The van der Waals surface area contributed by atoms with E-state index in [2.05, 4.69) is 31.9 Å². The van der Waals surface area contributed by atoms with Gasteiger partial charge in [-0.15, -0.1) is 0 Å². The van der Waals surface area contributed by atoms with Gasteiger partial charge in [-0.05, 0) is 46.3 Å². The molecule has 112 valence electrons. The van der Waals surface area contributed by atoms with E-state index in [1.165, 1.54) is 12.1 Å². The highest BCUT2D eigenvalue weighted by Gasteiger charge is 2.22. The summed E-state index contributed by atoms with van der Waals surface area (Å²) in [6.45, 7) is 0. The molecule has 0 saturated carbocycles. The second-order valence-electron chi connectivity index (χ2n) is 3.90. The molecular weight excluding hydrogens is 439 g/mol. The molecule has 1 N–H and O–H groups in total. The first-order valence-corrected chi connectivity index (χ1v) is 8.40. The fraction of sp³-hybridized carbons (Fsp3) is 0. The molecule has 21 heavy (non-hydrogen) atoms. The molecule has 0 atom stereocenters. The van der Waals surface area contributed by atoms with Gasteiger partial charge in [0, 0.05) is 8.95 Å². The second-order valence-corrected chi connectivity index (χ2v) is 7.32. The van der Waals surface area contributed by atoms with Gasteiger partial charge >= 0.3 is 0 Å². The predicted molar refractivity (Wildman–Crippen MR) is 79.0 cm³/mol. The molecule has 2 rings (SSSR count). The predicted octanol–water partition coefficient (Wildman–Crippen LogP) is 4.43. The summed E-state index contributed by atoms with van der Waals surface area (Å²) in [5, 5.41) is 0. The minimum absolute atomic E-state index is 0.180. The number of benzene rings is 2. The average Bonchev–Trinajstić information content (AvgIpc) is 2.42. The number of hydrogen-bond donors (Lipinski definition) is 1. The van der Waals surface area contributed by atoms with Crippen LogP contribution in [0.25, 0.3) is 0 Å². The Morgan fingerprint density at radius 3 is 2.29 bits per heavy atom. The molecule has 0 saturated heterocycles. The molecule has 2 aromatic rings. The molecule has 0 fully saturated rings. The molecule has 0 amide bonds. The topological polar surface area (TPSA) is 46.2 Å². The Labute approximate surface area is 135 Å². The Morgan fingerprint density at radius 2 is 1.62 bits per heavy atom. The Hall–Kier alpha value is -1.06. The van der Waals surface area contributed by atoms with Crippen molar-refractivity contribution in [1.82, 2.24) is 0 Å². The summed E-state index contributed by atoms with van der Waals surface area (Å²) in [5.74, 6) is -4.76. The van der Waals surface area contributed by atoms with Gasteiger partial charge in [0.05, 0.1) is 5.69 Å². The highest BCUT2D eigenvalue weighted by atomic mass is 79.9. The van der Waals surface area contributed by atoms with E-state index in [9.17, 15) is 21.6 Å². The number of nitrogens with one attached hydrogen (secondary N) is 1. The van der Waals surface area contributed by atoms with Crippen LogP contribution in [0, 0.1) is 17.5 Å². The highest BCUT2D eigenvalue weighted by Crippen LogP contribution is 2.28. The van der Waals surface area contributed by atoms with E-state index < -0.39 is 33.2 Å². The van der Waals surface area contributed by atoms with Crippen molar-refractivity contribution in [3.63, 3.8) is 0 Å². The van der Waals surface area contributed by atoms with Crippen molar-refractivity contribution in [3.05, 3.63) is 56.7 Å². The number of rotatable bonds is 3. The van der Waals surface area contributed by atoms with Gasteiger partial charge in [-0.2, -0.15) is 0 Å². The van der Waals surface area contributed by atoms with E-state index in [0.717, 1.165) is 6.07 Å². The fourth-order valence-corrected chi connectivity index (χ4v) is 4.05. The summed E-state index contributed by atoms with van der Waals surface area (Å²) >= 11 is 6.17. The minimum Gasteiger partial charge on any atom is -0.277 e. The zero-order valence-electron chi connectivity index (χ0n) is 10.0. The summed E-state index contributed by atoms with van der Waals surface area (Å²) in [7, 11) is -4.17. The Bertz CT molecular complexity index is 812. The molecule has 0 spiro atoms. The summed E-state index contributed by atoms with van der Waals surface area (Å²) in [5.41, 5.74) is -0.680. The van der Waals surface area contributed by atoms with Crippen molar-refractivity contribution in [2.45, 2.75) is 4.90 Å². The van der Waals surface area contributed by atoms with E-state index in [1.807, 2.05) is 4.72 Å². The summed E-state index contributed by atoms with van der Waals surface area (Å²) in [4.78, 5) is -0.180. The average molecular weight is 445 g/mol. The molecule has 9 heteroatoms. The van der Waals surface area contributed by atoms with Crippen molar-refractivity contribution >= 4 is 47.6 Å². The molecular formula is C12H6Br2F3NO2S. The first-order chi connectivity index (χ1) is 9.72. The van der Waals surface area contributed by atoms with E-state index in [-0.39, 0.29) is 9.37 Å². The normalized spacial score (nSPS) is 11.5. The molecule has 2 aromatic carbocycles. The lowest BCUT2D eigenvalue weighted by atomic mass is 10.3. The van der Waals surface area contributed by atoms with Gasteiger partial charge in [-0.25, -0.2) is 21.6 Å². The number of hydrogen-bond acceptors (Lipinski definition) is 2. The van der Waals surface area contributed by atoms with Crippen molar-refractivity contribution in [1.29, 1.82) is 0 Å². The van der Waals surface area contributed by atoms with Gasteiger partial charge in [-0.3, -0.25) is 4.72 Å². The van der Waals surface area contributed by atoms with E-state index >= 15 is 0 Å². The van der Waals surface area contributed by atoms with Gasteiger partial charge in [-0.1, -0.05) is 15.9 Å². The lowest BCUT2D eigenvalue weighted by Gasteiger charge is -2.11. The van der Waals surface area contributed by atoms with E-state index in [4.69, 9.17) is 0 Å². The van der Waals surface area contributed by atoms with Crippen molar-refractivity contribution in [3.8, 4) is 0 Å². The third kappa shape index (κ3) is 3.41. The summed E-state index contributed by atoms with van der Waals surface area (Å²) < 4.78 is 66.4. The van der Waals surface area contributed by atoms with Crippen LogP contribution in [-0.2, 0) is 10.0 Å². The summed E-state index contributed by atoms with van der Waals surface area (Å²) in [6, 6.07) is 5.79. The Balaban J connectivity index is 2.47. The third-order valence-corrected chi connectivity index (χ3v) is 5.31. The number of anilines is 1. The van der Waals surface area contributed by atoms with Gasteiger partial charge in [0.25, 0.3) is 10.0 Å². The lowest BCUT2D eigenvalue weighted by Crippen LogP contribution is -2.15. The van der Waals surface area contributed by atoms with Gasteiger partial charge in [0.2, 0.25) is 0 Å². The number of sulfonamides is 1. The molecule has 0 bridgehead atoms. The molecule has 0 aliphatic rings. The largest absolute Gasteiger partial charge is 0.277 e. The van der Waals surface area contributed by atoms with E-state index in [1.54, 1.807) is 6.07 Å². The van der Waals surface area contributed by atoms with Crippen molar-refractivity contribution in [2.75, 3.05) is 4.72 Å². The van der Waals surface area contributed by atoms with E-state index in [0.29, 0.717) is 10.5 Å². The van der Waals surface area contributed by atoms with Crippen molar-refractivity contribution < 1.29 is 21.6 Å². The second kappa shape index (κ2) is 5.98. The number of halogens is 5. The quantitative estimate of drug-likeness (QED) is 0.712. The molecule has 0 radical (unpaired) electrons. The monoisotopic (exact) mass is 443 g/mol. The van der Waals surface area contributed by atoms with Gasteiger partial charge < -0.3 is 0 Å². The molecule has 0 unspecified atom stereocenters. The maximum absolute atomic E-state index is 13.5. The molecule has 0 aromatic heterocycles. The Kier molecular flexibility index (Phi) is 4.64. The summed E-state index contributed by atoms with van der Waals surface area (Å²) in [6.07, 6.45) is 0. The maximum Gasteiger partial charge on any atom is 0.263 e. The smallest absolute Gasteiger partial charge is 0.263 e. The highest BCUT2D eigenvalue weighted by molar-refractivity contribution is 9.11. The first-order valence-electron chi connectivity index (χ1n) is 5.34.